The van der Waals surface area contributed by atoms with E-state index in [1.165, 1.54) is 6.92 Å². The number of nitrogens with zero attached hydrogens (tertiary/aromatic N) is 1. The first-order valence-corrected chi connectivity index (χ1v) is 6.80. The molecule has 16 heavy (non-hydrogen) atoms. The summed E-state index contributed by atoms with van der Waals surface area (Å²) in [6, 6.07) is 1.05. The van der Waals surface area contributed by atoms with E-state index in [0.717, 1.165) is 12.3 Å². The minimum Gasteiger partial charge on any atom is -0.253 e. The van der Waals surface area contributed by atoms with Gasteiger partial charge >= 0.3 is 0 Å². The lowest BCUT2D eigenvalue weighted by Gasteiger charge is -2.21. The summed E-state index contributed by atoms with van der Waals surface area (Å²) in [5, 5.41) is 0. The van der Waals surface area contributed by atoms with E-state index in [4.69, 9.17) is 0 Å². The molecule has 0 amide bonds. The molecule has 0 fully saturated rings. The first-order valence-electron chi connectivity index (χ1n) is 4.91. The Labute approximate surface area is 95.6 Å². The van der Waals surface area contributed by atoms with Crippen molar-refractivity contribution in [1.29, 1.82) is 0 Å². The Bertz CT molecular complexity index is 516. The summed E-state index contributed by atoms with van der Waals surface area (Å²) in [6.45, 7) is 7.07. The van der Waals surface area contributed by atoms with E-state index in [2.05, 4.69) is 4.98 Å². The number of aryl methyl sites for hydroxylation is 1. The molecule has 0 bridgehead atoms. The van der Waals surface area contributed by atoms with Crippen molar-refractivity contribution in [3.05, 3.63) is 23.3 Å². The zero-order valence-electron chi connectivity index (χ0n) is 10.1. The van der Waals surface area contributed by atoms with Crippen molar-refractivity contribution in [2.45, 2.75) is 38.0 Å². The molecule has 0 aliphatic rings. The Kier molecular flexibility index (Phi) is 3.11. The third kappa shape index (κ3) is 2.58. The smallest absolute Gasteiger partial charge is 0.177 e. The van der Waals surface area contributed by atoms with Crippen LogP contribution in [-0.4, -0.2) is 19.7 Å². The van der Waals surface area contributed by atoms with Gasteiger partial charge in [0.2, 0.25) is 0 Å². The van der Waals surface area contributed by atoms with Gasteiger partial charge in [0.15, 0.2) is 9.84 Å². The van der Waals surface area contributed by atoms with Crippen molar-refractivity contribution in [3.63, 3.8) is 0 Å². The number of aromatic nitrogens is 1. The van der Waals surface area contributed by atoms with Crippen molar-refractivity contribution < 1.29 is 12.8 Å². The molecular weight excluding hydrogens is 229 g/mol. The summed E-state index contributed by atoms with van der Waals surface area (Å²) < 4.78 is 36.5. The first-order chi connectivity index (χ1) is 7.03. The molecule has 0 saturated heterocycles. The lowest BCUT2D eigenvalue weighted by atomic mass is 9.91. The monoisotopic (exact) mass is 245 g/mol. The lowest BCUT2D eigenvalue weighted by Crippen LogP contribution is -2.20. The molecule has 5 heteroatoms. The molecule has 0 spiro atoms. The summed E-state index contributed by atoms with van der Waals surface area (Å²) in [4.78, 5) is 4.03. The zero-order valence-corrected chi connectivity index (χ0v) is 10.9. The molecular formula is C11H16FNO2S. The molecule has 0 aliphatic heterocycles. The number of hydrogen-bond acceptors (Lipinski definition) is 3. The minimum absolute atomic E-state index is 0.0249. The summed E-state index contributed by atoms with van der Waals surface area (Å²) in [5.41, 5.74) is 0.197. The van der Waals surface area contributed by atoms with Crippen molar-refractivity contribution in [2.24, 2.45) is 0 Å². The average Bonchev–Trinajstić information content (AvgIpc) is 2.05. The average molecular weight is 245 g/mol. The van der Waals surface area contributed by atoms with Crippen molar-refractivity contribution in [2.75, 3.05) is 6.26 Å². The van der Waals surface area contributed by atoms with Gasteiger partial charge in [0.05, 0.1) is 16.3 Å². The summed E-state index contributed by atoms with van der Waals surface area (Å²) in [5.74, 6) is -0.589. The number of halogens is 1. The molecule has 0 aliphatic carbocycles. The highest BCUT2D eigenvalue weighted by Gasteiger charge is 2.26. The SMILES string of the molecule is Cc1nc(C(C)(C)C)c(S(C)(=O)=O)cc1F. The quantitative estimate of drug-likeness (QED) is 0.762. The standard InChI is InChI=1S/C11H16FNO2S/c1-7-8(12)6-9(16(5,14)15)10(13-7)11(2,3)4/h6H,1-5H3. The largest absolute Gasteiger partial charge is 0.253 e. The molecule has 3 nitrogen and oxygen atoms in total. The van der Waals surface area contributed by atoms with Crippen molar-refractivity contribution >= 4 is 9.84 Å². The lowest BCUT2D eigenvalue weighted by molar-refractivity contribution is 0.526. The van der Waals surface area contributed by atoms with E-state index in [9.17, 15) is 12.8 Å². The Morgan fingerprint density at radius 2 is 1.81 bits per heavy atom. The molecule has 0 unspecified atom stereocenters. The maximum atomic E-state index is 13.4. The number of rotatable bonds is 1. The third-order valence-electron chi connectivity index (χ3n) is 2.23. The van der Waals surface area contributed by atoms with E-state index in [0.29, 0.717) is 5.69 Å². The van der Waals surface area contributed by atoms with Crippen LogP contribution >= 0.6 is 0 Å². The molecule has 0 N–H and O–H groups in total. The van der Waals surface area contributed by atoms with E-state index in [1.807, 2.05) is 20.8 Å². The van der Waals surface area contributed by atoms with Crippen LogP contribution in [-0.2, 0) is 15.3 Å². The van der Waals surface area contributed by atoms with Crippen LogP contribution in [0.15, 0.2) is 11.0 Å². The van der Waals surface area contributed by atoms with Gasteiger partial charge in [0, 0.05) is 11.7 Å². The van der Waals surface area contributed by atoms with E-state index < -0.39 is 21.1 Å². The minimum atomic E-state index is -3.46. The highest BCUT2D eigenvalue weighted by Crippen LogP contribution is 2.28. The summed E-state index contributed by atoms with van der Waals surface area (Å²) >= 11 is 0. The van der Waals surface area contributed by atoms with Gasteiger partial charge in [-0.25, -0.2) is 12.8 Å². The summed E-state index contributed by atoms with van der Waals surface area (Å²) in [7, 11) is -3.46. The molecule has 0 saturated carbocycles. The van der Waals surface area contributed by atoms with Gasteiger partial charge in [-0.05, 0) is 13.0 Å². The third-order valence-corrected chi connectivity index (χ3v) is 3.34. The highest BCUT2D eigenvalue weighted by atomic mass is 32.2. The van der Waals surface area contributed by atoms with Crippen LogP contribution in [0.3, 0.4) is 0 Å². The molecule has 0 atom stereocenters. The number of hydrogen-bond donors (Lipinski definition) is 0. The second-order valence-electron chi connectivity index (χ2n) is 4.92. The molecule has 1 heterocycles. The fourth-order valence-corrected chi connectivity index (χ4v) is 2.40. The Hall–Kier alpha value is -0.970. The van der Waals surface area contributed by atoms with Crippen LogP contribution in [0.1, 0.15) is 32.2 Å². The van der Waals surface area contributed by atoms with Gasteiger partial charge in [-0.2, -0.15) is 0 Å². The van der Waals surface area contributed by atoms with E-state index >= 15 is 0 Å². The first kappa shape index (κ1) is 13.1. The van der Waals surface area contributed by atoms with Gasteiger partial charge in [-0.3, -0.25) is 4.98 Å². The Morgan fingerprint density at radius 1 is 1.31 bits per heavy atom. The Morgan fingerprint density at radius 3 is 2.19 bits per heavy atom. The van der Waals surface area contributed by atoms with Gasteiger partial charge in [-0.1, -0.05) is 20.8 Å². The molecule has 90 valence electrons. The highest BCUT2D eigenvalue weighted by molar-refractivity contribution is 7.90. The van der Waals surface area contributed by atoms with Crippen LogP contribution in [0.5, 0.6) is 0 Å². The number of sulfone groups is 1. The van der Waals surface area contributed by atoms with Crippen LogP contribution in [0.4, 0.5) is 4.39 Å². The normalized spacial score (nSPS) is 12.9. The van der Waals surface area contributed by atoms with Crippen LogP contribution < -0.4 is 0 Å². The fraction of sp³-hybridized carbons (Fsp3) is 0.545. The van der Waals surface area contributed by atoms with Crippen LogP contribution in [0.25, 0.3) is 0 Å². The molecule has 0 aromatic carbocycles. The molecule has 1 aromatic heterocycles. The molecule has 1 rings (SSSR count). The van der Waals surface area contributed by atoms with Gasteiger partial charge in [-0.15, -0.1) is 0 Å². The maximum absolute atomic E-state index is 13.4. The van der Waals surface area contributed by atoms with Crippen molar-refractivity contribution in [1.82, 2.24) is 4.98 Å². The van der Waals surface area contributed by atoms with Crippen molar-refractivity contribution in [3.8, 4) is 0 Å². The van der Waals surface area contributed by atoms with Gasteiger partial charge in [0.1, 0.15) is 5.82 Å². The van der Waals surface area contributed by atoms with E-state index in [-0.39, 0.29) is 10.6 Å². The maximum Gasteiger partial charge on any atom is 0.177 e. The van der Waals surface area contributed by atoms with Gasteiger partial charge < -0.3 is 0 Å². The van der Waals surface area contributed by atoms with Gasteiger partial charge in [0.25, 0.3) is 0 Å². The van der Waals surface area contributed by atoms with Crippen LogP contribution in [0, 0.1) is 12.7 Å². The summed E-state index contributed by atoms with van der Waals surface area (Å²) in [6.07, 6.45) is 1.06. The number of pyridine rings is 1. The second-order valence-corrected chi connectivity index (χ2v) is 6.91. The second kappa shape index (κ2) is 3.80. The molecule has 0 radical (unpaired) electrons. The fourth-order valence-electron chi connectivity index (χ4n) is 1.38. The van der Waals surface area contributed by atoms with Crippen LogP contribution in [0.2, 0.25) is 0 Å². The predicted molar refractivity (Wildman–Crippen MR) is 60.7 cm³/mol. The predicted octanol–water partition coefficient (Wildman–Crippen LogP) is 2.23. The Balaban J connectivity index is 3.66. The zero-order chi connectivity index (χ0) is 12.7. The topological polar surface area (TPSA) is 47.0 Å². The molecule has 1 aromatic rings. The van der Waals surface area contributed by atoms with E-state index in [1.54, 1.807) is 0 Å².